The molecular formula is C20H28N2O2S. The van der Waals surface area contributed by atoms with Crippen molar-refractivity contribution in [3.8, 4) is 0 Å². The Morgan fingerprint density at radius 3 is 2.40 bits per heavy atom. The lowest BCUT2D eigenvalue weighted by Gasteiger charge is -2.56. The molecule has 25 heavy (non-hydrogen) atoms. The molecule has 0 aliphatic heterocycles. The largest absolute Gasteiger partial charge is 0.347 e. The van der Waals surface area contributed by atoms with E-state index in [1.54, 1.807) is 23.3 Å². The van der Waals surface area contributed by atoms with Gasteiger partial charge in [0.15, 0.2) is 0 Å². The lowest BCUT2D eigenvalue weighted by atomic mass is 9.49. The Balaban J connectivity index is 1.26. The predicted octanol–water partition coefficient (Wildman–Crippen LogP) is 3.43. The maximum absolute atomic E-state index is 12.5. The molecule has 0 radical (unpaired) electrons. The molecule has 5 rings (SSSR count). The third-order valence-electron chi connectivity index (χ3n) is 6.54. The van der Waals surface area contributed by atoms with Gasteiger partial charge in [-0.15, -0.1) is 11.3 Å². The summed E-state index contributed by atoms with van der Waals surface area (Å²) in [4.78, 5) is 27.6. The standard InChI is InChI=1S/C20H28N2O2S/c1-22(13-17-3-2-4-25-17)19(24)12-21-18(23)11-20-8-14-5-15(9-20)7-16(6-14)10-20/h2-4,14-16H,5-13H2,1H3,(H,21,23). The van der Waals surface area contributed by atoms with Crippen molar-refractivity contribution in [1.82, 2.24) is 10.2 Å². The Morgan fingerprint density at radius 1 is 1.20 bits per heavy atom. The first-order valence-corrected chi connectivity index (χ1v) is 10.4. The summed E-state index contributed by atoms with van der Waals surface area (Å²) < 4.78 is 0. The first kappa shape index (κ1) is 17.1. The van der Waals surface area contributed by atoms with Crippen molar-refractivity contribution in [3.05, 3.63) is 22.4 Å². The average molecular weight is 361 g/mol. The summed E-state index contributed by atoms with van der Waals surface area (Å²) in [5, 5.41) is 4.91. The number of rotatable bonds is 6. The van der Waals surface area contributed by atoms with E-state index < -0.39 is 0 Å². The zero-order valence-corrected chi connectivity index (χ0v) is 15.8. The molecule has 0 saturated heterocycles. The van der Waals surface area contributed by atoms with E-state index in [0.29, 0.717) is 13.0 Å². The quantitative estimate of drug-likeness (QED) is 0.845. The molecule has 1 heterocycles. The Hall–Kier alpha value is -1.36. The monoisotopic (exact) mass is 360 g/mol. The van der Waals surface area contributed by atoms with Gasteiger partial charge in [-0.1, -0.05) is 6.07 Å². The van der Waals surface area contributed by atoms with Gasteiger partial charge in [0.2, 0.25) is 11.8 Å². The lowest BCUT2D eigenvalue weighted by molar-refractivity contribution is -0.135. The molecule has 4 saturated carbocycles. The molecule has 0 atom stereocenters. The van der Waals surface area contributed by atoms with Gasteiger partial charge in [0.1, 0.15) is 0 Å². The fourth-order valence-corrected chi connectivity index (χ4v) is 6.70. The summed E-state index contributed by atoms with van der Waals surface area (Å²) in [6.07, 6.45) is 8.51. The predicted molar refractivity (Wildman–Crippen MR) is 99.0 cm³/mol. The summed E-state index contributed by atoms with van der Waals surface area (Å²) in [7, 11) is 1.80. The summed E-state index contributed by atoms with van der Waals surface area (Å²) >= 11 is 1.65. The van der Waals surface area contributed by atoms with Crippen LogP contribution < -0.4 is 5.32 Å². The Labute approximate surface area is 154 Å². The fourth-order valence-electron chi connectivity index (χ4n) is 5.94. The number of amides is 2. The molecule has 0 unspecified atom stereocenters. The van der Waals surface area contributed by atoms with Gasteiger partial charge in [0, 0.05) is 18.3 Å². The SMILES string of the molecule is CN(Cc1cccs1)C(=O)CNC(=O)CC12CC3CC(CC(C3)C1)C2. The van der Waals surface area contributed by atoms with Crippen LogP contribution in [0, 0.1) is 23.2 Å². The zero-order valence-electron chi connectivity index (χ0n) is 15.0. The molecule has 1 aromatic rings. The molecule has 4 bridgehead atoms. The average Bonchev–Trinajstić information content (AvgIpc) is 3.03. The Morgan fingerprint density at radius 2 is 1.84 bits per heavy atom. The van der Waals surface area contributed by atoms with Crippen LogP contribution in [0.3, 0.4) is 0 Å². The fraction of sp³-hybridized carbons (Fsp3) is 0.700. The second-order valence-corrected chi connectivity index (χ2v) is 9.73. The molecule has 4 aliphatic carbocycles. The maximum atomic E-state index is 12.5. The number of thiophene rings is 1. The van der Waals surface area contributed by atoms with Crippen LogP contribution in [0.2, 0.25) is 0 Å². The van der Waals surface area contributed by atoms with Crippen molar-refractivity contribution in [1.29, 1.82) is 0 Å². The van der Waals surface area contributed by atoms with Crippen LogP contribution in [0.25, 0.3) is 0 Å². The van der Waals surface area contributed by atoms with Gasteiger partial charge in [0.05, 0.1) is 13.1 Å². The summed E-state index contributed by atoms with van der Waals surface area (Å²) in [5.74, 6) is 2.62. The van der Waals surface area contributed by atoms with E-state index in [2.05, 4.69) is 5.32 Å². The number of nitrogens with zero attached hydrogens (tertiary/aromatic N) is 1. The van der Waals surface area contributed by atoms with Crippen molar-refractivity contribution in [2.75, 3.05) is 13.6 Å². The molecule has 4 fully saturated rings. The highest BCUT2D eigenvalue weighted by Crippen LogP contribution is 2.61. The van der Waals surface area contributed by atoms with E-state index in [9.17, 15) is 9.59 Å². The first-order chi connectivity index (χ1) is 12.0. The molecule has 4 aliphatic rings. The second-order valence-electron chi connectivity index (χ2n) is 8.70. The van der Waals surface area contributed by atoms with Gasteiger partial charge >= 0.3 is 0 Å². The van der Waals surface area contributed by atoms with E-state index >= 15 is 0 Å². The van der Waals surface area contributed by atoms with Crippen LogP contribution in [0.5, 0.6) is 0 Å². The van der Waals surface area contributed by atoms with Gasteiger partial charge in [-0.2, -0.15) is 0 Å². The van der Waals surface area contributed by atoms with Gasteiger partial charge in [-0.3, -0.25) is 9.59 Å². The number of carbonyl (C=O) groups is 2. The molecule has 1 N–H and O–H groups in total. The van der Waals surface area contributed by atoms with Crippen LogP contribution in [0.4, 0.5) is 0 Å². The van der Waals surface area contributed by atoms with Gasteiger partial charge in [-0.05, 0) is 73.1 Å². The minimum absolute atomic E-state index is 0.0211. The molecule has 0 aromatic carbocycles. The minimum atomic E-state index is -0.0211. The normalized spacial score (nSPS) is 32.6. The smallest absolute Gasteiger partial charge is 0.242 e. The highest BCUT2D eigenvalue weighted by Gasteiger charge is 2.51. The third-order valence-corrected chi connectivity index (χ3v) is 7.40. The number of likely N-dealkylation sites (N-methyl/N-ethyl adjacent to an activating group) is 1. The number of hydrogen-bond acceptors (Lipinski definition) is 3. The van der Waals surface area contributed by atoms with Gasteiger partial charge in [-0.25, -0.2) is 0 Å². The molecular weight excluding hydrogens is 332 g/mol. The van der Waals surface area contributed by atoms with Crippen molar-refractivity contribution >= 4 is 23.2 Å². The van der Waals surface area contributed by atoms with E-state index in [1.807, 2.05) is 17.5 Å². The zero-order chi connectivity index (χ0) is 17.4. The Kier molecular flexibility index (Phi) is 4.61. The van der Waals surface area contributed by atoms with Crippen LogP contribution in [0.1, 0.15) is 49.8 Å². The van der Waals surface area contributed by atoms with Gasteiger partial charge < -0.3 is 10.2 Å². The van der Waals surface area contributed by atoms with E-state index in [4.69, 9.17) is 0 Å². The van der Waals surface area contributed by atoms with Crippen LogP contribution >= 0.6 is 11.3 Å². The molecule has 5 heteroatoms. The number of hydrogen-bond donors (Lipinski definition) is 1. The molecule has 0 spiro atoms. The lowest BCUT2D eigenvalue weighted by Crippen LogP contribution is -2.48. The maximum Gasteiger partial charge on any atom is 0.242 e. The van der Waals surface area contributed by atoms with Crippen LogP contribution in [-0.4, -0.2) is 30.3 Å². The van der Waals surface area contributed by atoms with Crippen LogP contribution in [-0.2, 0) is 16.1 Å². The van der Waals surface area contributed by atoms with E-state index in [-0.39, 0.29) is 23.8 Å². The number of carbonyl (C=O) groups excluding carboxylic acids is 2. The molecule has 136 valence electrons. The number of nitrogens with one attached hydrogen (secondary N) is 1. The minimum Gasteiger partial charge on any atom is -0.347 e. The first-order valence-electron chi connectivity index (χ1n) is 9.54. The van der Waals surface area contributed by atoms with Crippen molar-refractivity contribution in [2.24, 2.45) is 23.2 Å². The van der Waals surface area contributed by atoms with Crippen molar-refractivity contribution in [2.45, 2.75) is 51.5 Å². The highest BCUT2D eigenvalue weighted by atomic mass is 32.1. The van der Waals surface area contributed by atoms with Crippen molar-refractivity contribution < 1.29 is 9.59 Å². The second kappa shape index (κ2) is 6.75. The van der Waals surface area contributed by atoms with E-state index in [1.165, 1.54) is 38.5 Å². The van der Waals surface area contributed by atoms with E-state index in [0.717, 1.165) is 22.6 Å². The van der Waals surface area contributed by atoms with Crippen molar-refractivity contribution in [3.63, 3.8) is 0 Å². The highest BCUT2D eigenvalue weighted by molar-refractivity contribution is 7.09. The molecule has 4 nitrogen and oxygen atoms in total. The molecule has 1 aromatic heterocycles. The Bertz CT molecular complexity index is 605. The topological polar surface area (TPSA) is 49.4 Å². The van der Waals surface area contributed by atoms with Gasteiger partial charge in [0.25, 0.3) is 0 Å². The summed E-state index contributed by atoms with van der Waals surface area (Å²) in [5.41, 5.74) is 0.241. The summed E-state index contributed by atoms with van der Waals surface area (Å²) in [6, 6.07) is 4.02. The third kappa shape index (κ3) is 3.76. The van der Waals surface area contributed by atoms with Crippen LogP contribution in [0.15, 0.2) is 17.5 Å². The summed E-state index contributed by atoms with van der Waals surface area (Å²) in [6.45, 7) is 0.731. The molecule has 2 amide bonds.